The third-order valence-electron chi connectivity index (χ3n) is 2.53. The molecule has 0 saturated heterocycles. The number of hydrogen-bond donors (Lipinski definition) is 0. The Bertz CT molecular complexity index is 708. The summed E-state index contributed by atoms with van der Waals surface area (Å²) in [7, 11) is -3.61. The van der Waals surface area contributed by atoms with Crippen molar-refractivity contribution in [3.63, 3.8) is 0 Å². The van der Waals surface area contributed by atoms with Gasteiger partial charge in [0.1, 0.15) is 10.7 Å². The Hall–Kier alpha value is -0.660. The van der Waals surface area contributed by atoms with Crippen LogP contribution in [0.15, 0.2) is 38.4 Å². The lowest BCUT2D eigenvalue weighted by atomic mass is 10.2. The van der Waals surface area contributed by atoms with Crippen LogP contribution >= 0.6 is 31.9 Å². The summed E-state index contributed by atoms with van der Waals surface area (Å²) >= 11 is 6.65. The number of imidazole rings is 1. The van der Waals surface area contributed by atoms with Crippen molar-refractivity contribution in [2.24, 2.45) is 0 Å². The highest BCUT2D eigenvalue weighted by atomic mass is 79.9. The van der Waals surface area contributed by atoms with Crippen molar-refractivity contribution in [2.45, 2.75) is 18.7 Å². The molecule has 0 spiro atoms. The molecule has 0 N–H and O–H groups in total. The second-order valence-corrected chi connectivity index (χ2v) is 7.30. The van der Waals surface area contributed by atoms with E-state index in [1.54, 1.807) is 19.1 Å². The fourth-order valence-corrected chi connectivity index (χ4v) is 4.62. The van der Waals surface area contributed by atoms with E-state index >= 15 is 0 Å². The lowest BCUT2D eigenvalue weighted by molar-refractivity contribution is 0.585. The number of halogens is 2. The number of hydrogen-bond acceptors (Lipinski definition) is 3. The van der Waals surface area contributed by atoms with Crippen LogP contribution in [0, 0.1) is 13.8 Å². The minimum atomic E-state index is -3.61. The first-order valence-electron chi connectivity index (χ1n) is 5.05. The lowest BCUT2D eigenvalue weighted by Gasteiger charge is -2.10. The highest BCUT2D eigenvalue weighted by Crippen LogP contribution is 2.30. The quantitative estimate of drug-likeness (QED) is 0.786. The molecule has 2 rings (SSSR count). The topological polar surface area (TPSA) is 52.0 Å². The molecular formula is C11H10Br2N2O2S. The molecule has 0 amide bonds. The van der Waals surface area contributed by atoms with Crippen LogP contribution in [0.1, 0.15) is 11.4 Å². The summed E-state index contributed by atoms with van der Waals surface area (Å²) < 4.78 is 27.5. The summed E-state index contributed by atoms with van der Waals surface area (Å²) in [5.74, 6) is 0.433. The van der Waals surface area contributed by atoms with Crippen LogP contribution in [-0.4, -0.2) is 17.4 Å². The number of aromatic nitrogens is 2. The van der Waals surface area contributed by atoms with Crippen molar-refractivity contribution >= 4 is 41.9 Å². The monoisotopic (exact) mass is 392 g/mol. The van der Waals surface area contributed by atoms with Gasteiger partial charge in [0.25, 0.3) is 10.0 Å². The van der Waals surface area contributed by atoms with Crippen LogP contribution in [0.4, 0.5) is 0 Å². The van der Waals surface area contributed by atoms with Crippen LogP contribution in [-0.2, 0) is 10.0 Å². The van der Waals surface area contributed by atoms with Gasteiger partial charge in [0, 0.05) is 21.3 Å². The van der Waals surface area contributed by atoms with Gasteiger partial charge in [-0.3, -0.25) is 0 Å². The maximum Gasteiger partial charge on any atom is 0.270 e. The molecule has 96 valence electrons. The van der Waals surface area contributed by atoms with E-state index in [9.17, 15) is 8.42 Å². The molecule has 1 heterocycles. The molecular weight excluding hydrogens is 384 g/mol. The molecule has 0 radical (unpaired) electrons. The summed E-state index contributed by atoms with van der Waals surface area (Å²) in [5.41, 5.74) is 0.856. The summed E-state index contributed by atoms with van der Waals surface area (Å²) in [6.07, 6.45) is 2.90. The van der Waals surface area contributed by atoms with Gasteiger partial charge in [0.2, 0.25) is 0 Å². The first-order chi connectivity index (χ1) is 8.34. The van der Waals surface area contributed by atoms with E-state index in [0.717, 1.165) is 10.0 Å². The largest absolute Gasteiger partial charge is 0.270 e. The van der Waals surface area contributed by atoms with E-state index in [4.69, 9.17) is 0 Å². The molecule has 7 heteroatoms. The Balaban J connectivity index is 2.70. The Kier molecular flexibility index (Phi) is 3.66. The predicted molar refractivity (Wildman–Crippen MR) is 76.1 cm³/mol. The van der Waals surface area contributed by atoms with Gasteiger partial charge in [-0.1, -0.05) is 15.9 Å². The van der Waals surface area contributed by atoms with Gasteiger partial charge in [-0.15, -0.1) is 0 Å². The maximum atomic E-state index is 12.5. The van der Waals surface area contributed by atoms with E-state index in [1.807, 2.05) is 6.92 Å². The Morgan fingerprint density at radius 3 is 2.39 bits per heavy atom. The van der Waals surface area contributed by atoms with Crippen molar-refractivity contribution in [2.75, 3.05) is 0 Å². The molecule has 1 aromatic heterocycles. The lowest BCUT2D eigenvalue weighted by Crippen LogP contribution is -2.14. The fourth-order valence-electron chi connectivity index (χ4n) is 1.55. The summed E-state index contributed by atoms with van der Waals surface area (Å²) in [6, 6.07) is 3.36. The second kappa shape index (κ2) is 4.79. The summed E-state index contributed by atoms with van der Waals surface area (Å²) in [6.45, 7) is 3.49. The second-order valence-electron chi connectivity index (χ2n) is 3.81. The van der Waals surface area contributed by atoms with E-state index in [2.05, 4.69) is 36.8 Å². The van der Waals surface area contributed by atoms with Crippen molar-refractivity contribution in [1.29, 1.82) is 0 Å². The van der Waals surface area contributed by atoms with Crippen molar-refractivity contribution in [1.82, 2.24) is 8.96 Å². The zero-order valence-corrected chi connectivity index (χ0v) is 13.7. The zero-order chi connectivity index (χ0) is 13.5. The highest BCUT2D eigenvalue weighted by molar-refractivity contribution is 9.11. The van der Waals surface area contributed by atoms with Gasteiger partial charge in [0.05, 0.1) is 0 Å². The molecule has 0 aliphatic carbocycles. The minimum Gasteiger partial charge on any atom is -0.241 e. The Morgan fingerprint density at radius 1 is 1.17 bits per heavy atom. The molecule has 0 fully saturated rings. The van der Waals surface area contributed by atoms with E-state index < -0.39 is 10.0 Å². The van der Waals surface area contributed by atoms with Crippen molar-refractivity contribution < 1.29 is 8.42 Å². The third-order valence-corrected chi connectivity index (χ3v) is 6.10. The average molecular weight is 394 g/mol. The van der Waals surface area contributed by atoms with Gasteiger partial charge in [-0.2, -0.15) is 0 Å². The molecule has 0 aliphatic rings. The number of aryl methyl sites for hydroxylation is 2. The molecule has 4 nitrogen and oxygen atoms in total. The van der Waals surface area contributed by atoms with Crippen LogP contribution < -0.4 is 0 Å². The fraction of sp³-hybridized carbons (Fsp3) is 0.182. The smallest absolute Gasteiger partial charge is 0.241 e. The molecule has 0 unspecified atom stereocenters. The van der Waals surface area contributed by atoms with E-state index in [-0.39, 0.29) is 4.90 Å². The predicted octanol–water partition coefficient (Wildman–Crippen LogP) is 3.26. The molecule has 0 atom stereocenters. The first kappa shape index (κ1) is 13.8. The van der Waals surface area contributed by atoms with Crippen molar-refractivity contribution in [3.05, 3.63) is 44.9 Å². The first-order valence-corrected chi connectivity index (χ1v) is 8.08. The Morgan fingerprint density at radius 2 is 1.83 bits per heavy atom. The molecule has 0 bridgehead atoms. The summed E-state index contributed by atoms with van der Waals surface area (Å²) in [5, 5.41) is 0. The normalized spacial score (nSPS) is 11.8. The van der Waals surface area contributed by atoms with E-state index in [1.165, 1.54) is 16.4 Å². The van der Waals surface area contributed by atoms with Crippen LogP contribution in [0.3, 0.4) is 0 Å². The number of benzene rings is 1. The zero-order valence-electron chi connectivity index (χ0n) is 9.68. The molecule has 2 aromatic rings. The van der Waals surface area contributed by atoms with Crippen molar-refractivity contribution in [3.8, 4) is 0 Å². The molecule has 0 saturated carbocycles. The molecule has 1 aromatic carbocycles. The maximum absolute atomic E-state index is 12.5. The van der Waals surface area contributed by atoms with Crippen LogP contribution in [0.25, 0.3) is 0 Å². The minimum absolute atomic E-state index is 0.226. The Labute approximate surface area is 122 Å². The third kappa shape index (κ3) is 2.26. The molecule has 0 aliphatic heterocycles. The molecule has 18 heavy (non-hydrogen) atoms. The van der Waals surface area contributed by atoms with Gasteiger partial charge in [0.15, 0.2) is 0 Å². The van der Waals surface area contributed by atoms with Gasteiger partial charge >= 0.3 is 0 Å². The summed E-state index contributed by atoms with van der Waals surface area (Å²) in [4.78, 5) is 4.16. The SMILES string of the molecule is Cc1cc(S(=O)(=O)n2ccnc2C)c(Br)cc1Br. The highest BCUT2D eigenvalue weighted by Gasteiger charge is 2.22. The van der Waals surface area contributed by atoms with E-state index in [0.29, 0.717) is 10.3 Å². The number of nitrogens with zero attached hydrogens (tertiary/aromatic N) is 2. The van der Waals surface area contributed by atoms with Crippen LogP contribution in [0.2, 0.25) is 0 Å². The van der Waals surface area contributed by atoms with Crippen LogP contribution in [0.5, 0.6) is 0 Å². The van der Waals surface area contributed by atoms with Gasteiger partial charge in [-0.25, -0.2) is 17.4 Å². The standard InChI is InChI=1S/C11H10Br2N2O2S/c1-7-5-11(10(13)6-9(7)12)18(16,17)15-4-3-14-8(15)2/h3-6H,1-2H3. The van der Waals surface area contributed by atoms with Gasteiger partial charge < -0.3 is 0 Å². The van der Waals surface area contributed by atoms with Gasteiger partial charge in [-0.05, 0) is 47.5 Å². The average Bonchev–Trinajstić information content (AvgIpc) is 2.70. The number of rotatable bonds is 2.